The zero-order valence-electron chi connectivity index (χ0n) is 10.0. The Kier molecular flexibility index (Phi) is 3.18. The maximum Gasteiger partial charge on any atom is 0.256 e. The largest absolute Gasteiger partial charge is 0.504 e. The molecule has 18 heavy (non-hydrogen) atoms. The summed E-state index contributed by atoms with van der Waals surface area (Å²) in [7, 11) is 3.17. The Balaban J connectivity index is 2.19. The second-order valence-electron chi connectivity index (χ2n) is 3.68. The molecule has 1 amide bonds. The van der Waals surface area contributed by atoms with Crippen molar-refractivity contribution in [2.75, 3.05) is 12.4 Å². The van der Waals surface area contributed by atoms with Crippen molar-refractivity contribution in [3.05, 3.63) is 36.0 Å². The number of hydrogen-bond acceptors (Lipinski definition) is 4. The molecule has 1 heterocycles. The first-order valence-electron chi connectivity index (χ1n) is 5.28. The van der Waals surface area contributed by atoms with Gasteiger partial charge in [-0.1, -0.05) is 0 Å². The van der Waals surface area contributed by atoms with Crippen molar-refractivity contribution in [1.29, 1.82) is 0 Å². The highest BCUT2D eigenvalue weighted by molar-refractivity contribution is 6.04. The summed E-state index contributed by atoms with van der Waals surface area (Å²) in [5, 5.41) is 16.2. The van der Waals surface area contributed by atoms with Gasteiger partial charge in [0.2, 0.25) is 0 Å². The number of phenolic OH excluding ortho intramolecular Hbond substituents is 1. The predicted octanol–water partition coefficient (Wildman–Crippen LogP) is 1.39. The molecular formula is C12H13N3O3. The number of nitrogens with zero attached hydrogens (tertiary/aromatic N) is 2. The summed E-state index contributed by atoms with van der Waals surface area (Å²) in [6.07, 6.45) is 1.58. The van der Waals surface area contributed by atoms with Gasteiger partial charge in [0, 0.05) is 18.7 Å². The van der Waals surface area contributed by atoms with Crippen LogP contribution in [0.2, 0.25) is 0 Å². The highest BCUT2D eigenvalue weighted by Gasteiger charge is 2.11. The summed E-state index contributed by atoms with van der Waals surface area (Å²) in [5.41, 5.74) is 0.342. The van der Waals surface area contributed by atoms with Gasteiger partial charge < -0.3 is 15.2 Å². The van der Waals surface area contributed by atoms with Crippen molar-refractivity contribution >= 4 is 11.7 Å². The maximum atomic E-state index is 11.9. The molecule has 0 atom stereocenters. The fraction of sp³-hybridized carbons (Fsp3) is 0.167. The quantitative estimate of drug-likeness (QED) is 0.859. The minimum atomic E-state index is -0.323. The molecule has 2 aromatic rings. The molecule has 0 radical (unpaired) electrons. The Labute approximate surface area is 104 Å². The molecule has 2 N–H and O–H groups in total. The molecule has 0 aliphatic carbocycles. The second-order valence-corrected chi connectivity index (χ2v) is 3.68. The van der Waals surface area contributed by atoms with Crippen molar-refractivity contribution < 1.29 is 14.6 Å². The van der Waals surface area contributed by atoms with Crippen molar-refractivity contribution in [2.45, 2.75) is 0 Å². The molecule has 94 valence electrons. The van der Waals surface area contributed by atoms with E-state index in [1.165, 1.54) is 19.2 Å². The molecule has 0 saturated carbocycles. The van der Waals surface area contributed by atoms with E-state index in [1.807, 2.05) is 0 Å². The lowest BCUT2D eigenvalue weighted by Crippen LogP contribution is -2.14. The van der Waals surface area contributed by atoms with Crippen LogP contribution in [0.15, 0.2) is 30.5 Å². The summed E-state index contributed by atoms with van der Waals surface area (Å²) >= 11 is 0. The first-order chi connectivity index (χ1) is 8.61. The SMILES string of the molecule is COc1ccc(C(=O)Nc2ccnn2C)cc1O. The number of aromatic nitrogens is 2. The summed E-state index contributed by atoms with van der Waals surface area (Å²) in [4.78, 5) is 11.9. The minimum absolute atomic E-state index is 0.0739. The first-order valence-corrected chi connectivity index (χ1v) is 5.28. The minimum Gasteiger partial charge on any atom is -0.504 e. The summed E-state index contributed by atoms with van der Waals surface area (Å²) in [6, 6.07) is 6.14. The third kappa shape index (κ3) is 2.27. The molecule has 0 bridgehead atoms. The average Bonchev–Trinajstić information content (AvgIpc) is 2.75. The maximum absolute atomic E-state index is 11.9. The number of phenols is 1. The number of nitrogens with one attached hydrogen (secondary N) is 1. The first kappa shape index (κ1) is 12.0. The molecule has 6 heteroatoms. The van der Waals surface area contributed by atoms with Crippen LogP contribution in [0.3, 0.4) is 0 Å². The van der Waals surface area contributed by atoms with Crippen molar-refractivity contribution in [3.63, 3.8) is 0 Å². The summed E-state index contributed by atoms with van der Waals surface area (Å²) < 4.78 is 6.45. The van der Waals surface area contributed by atoms with Crippen LogP contribution < -0.4 is 10.1 Å². The standard InChI is InChI=1S/C12H13N3O3/c1-15-11(5-6-13-15)14-12(17)8-3-4-10(18-2)9(16)7-8/h3-7,16H,1-2H3,(H,14,17). The van der Waals surface area contributed by atoms with E-state index < -0.39 is 0 Å². The van der Waals surface area contributed by atoms with Crippen LogP contribution in [0.4, 0.5) is 5.82 Å². The van der Waals surface area contributed by atoms with Gasteiger partial charge in [0.05, 0.1) is 13.3 Å². The van der Waals surface area contributed by atoms with E-state index in [9.17, 15) is 9.90 Å². The molecule has 0 aliphatic heterocycles. The zero-order valence-corrected chi connectivity index (χ0v) is 10.0. The van der Waals surface area contributed by atoms with Crippen LogP contribution >= 0.6 is 0 Å². The fourth-order valence-electron chi connectivity index (χ4n) is 1.52. The highest BCUT2D eigenvalue weighted by Crippen LogP contribution is 2.26. The highest BCUT2D eigenvalue weighted by atomic mass is 16.5. The van der Waals surface area contributed by atoms with Crippen LogP contribution in [0.1, 0.15) is 10.4 Å². The van der Waals surface area contributed by atoms with E-state index in [-0.39, 0.29) is 11.7 Å². The van der Waals surface area contributed by atoms with E-state index in [1.54, 1.807) is 30.1 Å². The number of rotatable bonds is 3. The third-order valence-corrected chi connectivity index (χ3v) is 2.50. The van der Waals surface area contributed by atoms with Gasteiger partial charge in [-0.3, -0.25) is 9.48 Å². The van der Waals surface area contributed by atoms with Gasteiger partial charge in [0.25, 0.3) is 5.91 Å². The van der Waals surface area contributed by atoms with Crippen LogP contribution in [-0.2, 0) is 7.05 Å². The molecular weight excluding hydrogens is 234 g/mol. The number of methoxy groups -OCH3 is 1. The van der Waals surface area contributed by atoms with Crippen molar-refractivity contribution in [3.8, 4) is 11.5 Å². The van der Waals surface area contributed by atoms with Crippen molar-refractivity contribution in [2.24, 2.45) is 7.05 Å². The number of carbonyl (C=O) groups excluding carboxylic acids is 1. The lowest BCUT2D eigenvalue weighted by molar-refractivity contribution is 0.102. The van der Waals surface area contributed by atoms with Crippen molar-refractivity contribution in [1.82, 2.24) is 9.78 Å². The number of carbonyl (C=O) groups is 1. The number of benzene rings is 1. The van der Waals surface area contributed by atoms with E-state index in [2.05, 4.69) is 10.4 Å². The molecule has 0 spiro atoms. The Morgan fingerprint density at radius 1 is 1.44 bits per heavy atom. The fourth-order valence-corrected chi connectivity index (χ4v) is 1.52. The monoisotopic (exact) mass is 247 g/mol. The van der Waals surface area contributed by atoms with E-state index in [0.29, 0.717) is 17.1 Å². The normalized spacial score (nSPS) is 10.1. The van der Waals surface area contributed by atoms with Gasteiger partial charge in [-0.05, 0) is 18.2 Å². The Morgan fingerprint density at radius 3 is 2.78 bits per heavy atom. The Bertz CT molecular complexity index is 578. The van der Waals surface area contributed by atoms with Gasteiger partial charge >= 0.3 is 0 Å². The summed E-state index contributed by atoms with van der Waals surface area (Å²) in [5.74, 6) is 0.508. The van der Waals surface area contributed by atoms with Crippen LogP contribution in [0.5, 0.6) is 11.5 Å². The lowest BCUT2D eigenvalue weighted by atomic mass is 10.2. The van der Waals surface area contributed by atoms with Gasteiger partial charge in [-0.2, -0.15) is 5.10 Å². The number of anilines is 1. The number of aromatic hydroxyl groups is 1. The average molecular weight is 247 g/mol. The van der Waals surface area contributed by atoms with Gasteiger partial charge in [0.1, 0.15) is 5.82 Å². The van der Waals surface area contributed by atoms with E-state index >= 15 is 0 Å². The number of aryl methyl sites for hydroxylation is 1. The third-order valence-electron chi connectivity index (χ3n) is 2.50. The second kappa shape index (κ2) is 4.79. The molecule has 1 aromatic carbocycles. The molecule has 6 nitrogen and oxygen atoms in total. The number of hydrogen-bond donors (Lipinski definition) is 2. The molecule has 2 rings (SSSR count). The lowest BCUT2D eigenvalue weighted by Gasteiger charge is -2.07. The van der Waals surface area contributed by atoms with Crippen LogP contribution in [-0.4, -0.2) is 27.9 Å². The Hall–Kier alpha value is -2.50. The van der Waals surface area contributed by atoms with Gasteiger partial charge in [-0.15, -0.1) is 0 Å². The molecule has 1 aromatic heterocycles. The summed E-state index contributed by atoms with van der Waals surface area (Å²) in [6.45, 7) is 0. The molecule has 0 unspecified atom stereocenters. The van der Waals surface area contributed by atoms with Gasteiger partial charge in [-0.25, -0.2) is 0 Å². The smallest absolute Gasteiger partial charge is 0.256 e. The van der Waals surface area contributed by atoms with E-state index in [4.69, 9.17) is 4.74 Å². The molecule has 0 fully saturated rings. The predicted molar refractivity (Wildman–Crippen MR) is 65.8 cm³/mol. The van der Waals surface area contributed by atoms with E-state index in [0.717, 1.165) is 0 Å². The number of amides is 1. The molecule has 0 saturated heterocycles. The number of ether oxygens (including phenoxy) is 1. The van der Waals surface area contributed by atoms with Crippen LogP contribution in [0, 0.1) is 0 Å². The van der Waals surface area contributed by atoms with Gasteiger partial charge in [0.15, 0.2) is 11.5 Å². The topological polar surface area (TPSA) is 76.4 Å². The molecule has 0 aliphatic rings. The zero-order chi connectivity index (χ0) is 13.1. The Morgan fingerprint density at radius 2 is 2.22 bits per heavy atom. The van der Waals surface area contributed by atoms with Crippen LogP contribution in [0.25, 0.3) is 0 Å².